The van der Waals surface area contributed by atoms with Gasteiger partial charge in [0.15, 0.2) is 0 Å². The average Bonchev–Trinajstić information content (AvgIpc) is 2.27. The van der Waals surface area contributed by atoms with Crippen molar-refractivity contribution in [3.05, 3.63) is 62.9 Å². The monoisotopic (exact) mass is 217 g/mol. The van der Waals surface area contributed by atoms with Crippen LogP contribution in [0.25, 0.3) is 0 Å². The second kappa shape index (κ2) is 4.06. The van der Waals surface area contributed by atoms with Crippen LogP contribution in [0.2, 0.25) is 0 Å². The van der Waals surface area contributed by atoms with Crippen LogP contribution < -0.4 is 16.7 Å². The molecule has 0 aliphatic rings. The molecule has 16 heavy (non-hydrogen) atoms. The number of nitrogens with one attached hydrogen (secondary N) is 2. The number of hydrogen-bond donors (Lipinski definition) is 2. The highest BCUT2D eigenvalue weighted by Crippen LogP contribution is 2.03. The molecule has 0 aliphatic carbocycles. The summed E-state index contributed by atoms with van der Waals surface area (Å²) in [5.74, 6) is 0. The molecule has 0 saturated heterocycles. The first kappa shape index (κ1) is 10.2. The van der Waals surface area contributed by atoms with Gasteiger partial charge in [0, 0.05) is 11.8 Å². The molecule has 2 N–H and O–H groups in total. The number of hydrogen-bond acceptors (Lipinski definition) is 3. The zero-order chi connectivity index (χ0) is 11.5. The maximum Gasteiger partial charge on any atom is 0.347 e. The van der Waals surface area contributed by atoms with E-state index in [4.69, 9.17) is 0 Å². The van der Waals surface area contributed by atoms with Crippen molar-refractivity contribution in [3.63, 3.8) is 0 Å². The van der Waals surface area contributed by atoms with Crippen molar-refractivity contribution in [1.29, 1.82) is 0 Å². The molecule has 0 bridgehead atoms. The van der Waals surface area contributed by atoms with Gasteiger partial charge in [-0.15, -0.1) is 0 Å². The fourth-order valence-electron chi connectivity index (χ4n) is 1.30. The zero-order valence-corrected chi connectivity index (χ0v) is 8.73. The first-order valence-electron chi connectivity index (χ1n) is 4.81. The van der Waals surface area contributed by atoms with Gasteiger partial charge in [-0.05, 0) is 19.1 Å². The minimum absolute atomic E-state index is 0.365. The average molecular weight is 217 g/mol. The number of nitrogens with zero attached hydrogens (tertiary/aromatic N) is 1. The standard InChI is InChI=1S/C11H11N3O2/c1-8-7-14(11(16)12-10(8)15)13-9-5-3-2-4-6-9/h2-7,13H,1H3,(H,12,15,16). The Balaban J connectivity index is 2.40. The molecule has 0 amide bonds. The Morgan fingerprint density at radius 2 is 1.88 bits per heavy atom. The largest absolute Gasteiger partial charge is 0.347 e. The molecule has 2 aromatic rings. The molecule has 1 aromatic heterocycles. The summed E-state index contributed by atoms with van der Waals surface area (Å²) in [4.78, 5) is 24.8. The smallest absolute Gasteiger partial charge is 0.290 e. The third kappa shape index (κ3) is 2.03. The number of para-hydroxylation sites is 1. The van der Waals surface area contributed by atoms with Gasteiger partial charge in [-0.1, -0.05) is 18.2 Å². The van der Waals surface area contributed by atoms with Crippen LogP contribution in [0.15, 0.2) is 46.1 Å². The van der Waals surface area contributed by atoms with Crippen molar-refractivity contribution in [1.82, 2.24) is 9.66 Å². The Morgan fingerprint density at radius 1 is 1.19 bits per heavy atom. The summed E-state index contributed by atoms with van der Waals surface area (Å²) in [7, 11) is 0. The second-order valence-corrected chi connectivity index (χ2v) is 3.42. The fourth-order valence-corrected chi connectivity index (χ4v) is 1.30. The Hall–Kier alpha value is -2.30. The van der Waals surface area contributed by atoms with E-state index in [-0.39, 0.29) is 5.56 Å². The molecule has 5 nitrogen and oxygen atoms in total. The van der Waals surface area contributed by atoms with Gasteiger partial charge in [0.2, 0.25) is 0 Å². The number of aryl methyl sites for hydroxylation is 1. The first-order valence-corrected chi connectivity index (χ1v) is 4.81. The predicted molar refractivity (Wildman–Crippen MR) is 61.5 cm³/mol. The van der Waals surface area contributed by atoms with E-state index < -0.39 is 5.69 Å². The fraction of sp³-hybridized carbons (Fsp3) is 0.0909. The maximum absolute atomic E-state index is 11.4. The lowest BCUT2D eigenvalue weighted by atomic mass is 10.3. The van der Waals surface area contributed by atoms with E-state index in [1.54, 1.807) is 6.92 Å². The van der Waals surface area contributed by atoms with Crippen molar-refractivity contribution in [2.45, 2.75) is 6.92 Å². The van der Waals surface area contributed by atoms with E-state index in [0.29, 0.717) is 5.56 Å². The zero-order valence-electron chi connectivity index (χ0n) is 8.73. The van der Waals surface area contributed by atoms with Gasteiger partial charge in [0.1, 0.15) is 0 Å². The number of aromatic nitrogens is 2. The van der Waals surface area contributed by atoms with Crippen LogP contribution in [0.3, 0.4) is 0 Å². The molecular formula is C11H11N3O2. The Labute approximate surface area is 91.3 Å². The van der Waals surface area contributed by atoms with E-state index in [0.717, 1.165) is 5.69 Å². The van der Waals surface area contributed by atoms with Gasteiger partial charge in [0.25, 0.3) is 5.56 Å². The van der Waals surface area contributed by atoms with Crippen LogP contribution in [0.1, 0.15) is 5.56 Å². The normalized spacial score (nSPS) is 10.1. The first-order chi connectivity index (χ1) is 7.66. The van der Waals surface area contributed by atoms with Crippen molar-refractivity contribution in [3.8, 4) is 0 Å². The highest BCUT2D eigenvalue weighted by Gasteiger charge is 1.99. The summed E-state index contributed by atoms with van der Waals surface area (Å²) in [6, 6.07) is 9.24. The molecule has 0 radical (unpaired) electrons. The Bertz CT molecular complexity index is 599. The minimum Gasteiger partial charge on any atom is -0.290 e. The molecule has 5 heteroatoms. The Morgan fingerprint density at radius 3 is 2.56 bits per heavy atom. The lowest BCUT2D eigenvalue weighted by Gasteiger charge is -2.08. The maximum atomic E-state index is 11.4. The summed E-state index contributed by atoms with van der Waals surface area (Å²) >= 11 is 0. The van der Waals surface area contributed by atoms with Gasteiger partial charge in [-0.25, -0.2) is 9.47 Å². The number of aromatic amines is 1. The summed E-state index contributed by atoms with van der Waals surface area (Å²) in [5.41, 5.74) is 3.27. The van der Waals surface area contributed by atoms with Gasteiger partial charge in [0.05, 0.1) is 5.69 Å². The molecule has 0 saturated carbocycles. The van der Waals surface area contributed by atoms with Crippen LogP contribution in [0.5, 0.6) is 0 Å². The molecule has 0 unspecified atom stereocenters. The highest BCUT2D eigenvalue weighted by molar-refractivity contribution is 5.41. The third-order valence-corrected chi connectivity index (χ3v) is 2.14. The highest BCUT2D eigenvalue weighted by atomic mass is 16.2. The summed E-state index contributed by atoms with van der Waals surface area (Å²) < 4.78 is 1.24. The second-order valence-electron chi connectivity index (χ2n) is 3.42. The molecule has 1 aromatic carbocycles. The molecule has 82 valence electrons. The number of rotatable bonds is 2. The summed E-state index contributed by atoms with van der Waals surface area (Å²) in [5, 5.41) is 0. The SMILES string of the molecule is Cc1cn(Nc2ccccc2)c(=O)[nH]c1=O. The van der Waals surface area contributed by atoms with Crippen LogP contribution in [-0.4, -0.2) is 9.66 Å². The van der Waals surface area contributed by atoms with Crippen molar-refractivity contribution < 1.29 is 0 Å². The van der Waals surface area contributed by atoms with Crippen LogP contribution >= 0.6 is 0 Å². The number of benzene rings is 1. The van der Waals surface area contributed by atoms with Crippen molar-refractivity contribution >= 4 is 5.69 Å². The predicted octanol–water partition coefficient (Wildman–Crippen LogP) is 0.720. The van der Waals surface area contributed by atoms with E-state index in [1.807, 2.05) is 30.3 Å². The van der Waals surface area contributed by atoms with Gasteiger partial charge < -0.3 is 0 Å². The quantitative estimate of drug-likeness (QED) is 0.779. The van der Waals surface area contributed by atoms with Crippen LogP contribution in [-0.2, 0) is 0 Å². The van der Waals surface area contributed by atoms with E-state index >= 15 is 0 Å². The molecule has 1 heterocycles. The lowest BCUT2D eigenvalue weighted by Crippen LogP contribution is -2.34. The third-order valence-electron chi connectivity index (χ3n) is 2.14. The topological polar surface area (TPSA) is 66.9 Å². The summed E-state index contributed by atoms with van der Waals surface area (Å²) in [6.45, 7) is 1.64. The lowest BCUT2D eigenvalue weighted by molar-refractivity contribution is 0.819. The molecule has 0 aliphatic heterocycles. The molecule has 0 atom stereocenters. The van der Waals surface area contributed by atoms with Gasteiger partial charge >= 0.3 is 5.69 Å². The van der Waals surface area contributed by atoms with Gasteiger partial charge in [-0.2, -0.15) is 0 Å². The van der Waals surface area contributed by atoms with E-state index in [9.17, 15) is 9.59 Å². The van der Waals surface area contributed by atoms with Crippen LogP contribution in [0.4, 0.5) is 5.69 Å². The van der Waals surface area contributed by atoms with Crippen molar-refractivity contribution in [2.24, 2.45) is 0 Å². The summed E-state index contributed by atoms with van der Waals surface area (Å²) in [6.07, 6.45) is 1.47. The molecular weight excluding hydrogens is 206 g/mol. The van der Waals surface area contributed by atoms with E-state index in [2.05, 4.69) is 10.4 Å². The molecule has 0 fully saturated rings. The number of H-pyrrole nitrogens is 1. The number of anilines is 1. The Kier molecular flexibility index (Phi) is 2.59. The van der Waals surface area contributed by atoms with Gasteiger partial charge in [-0.3, -0.25) is 15.2 Å². The molecule has 2 rings (SSSR count). The van der Waals surface area contributed by atoms with E-state index in [1.165, 1.54) is 10.9 Å². The van der Waals surface area contributed by atoms with Crippen LogP contribution in [0, 0.1) is 6.92 Å². The van der Waals surface area contributed by atoms with Crippen molar-refractivity contribution in [2.75, 3.05) is 5.43 Å². The minimum atomic E-state index is -0.487. The molecule has 0 spiro atoms.